The van der Waals surface area contributed by atoms with Gasteiger partial charge in [-0.05, 0) is 30.4 Å². The van der Waals surface area contributed by atoms with E-state index in [1.165, 1.54) is 15.7 Å². The number of imidazole rings is 1. The molecule has 0 bridgehead atoms. The van der Waals surface area contributed by atoms with Crippen molar-refractivity contribution < 1.29 is 0 Å². The molecule has 0 aliphatic carbocycles. The minimum Gasteiger partial charge on any atom is -0.355 e. The number of hydrogen-bond acceptors (Lipinski definition) is 4. The van der Waals surface area contributed by atoms with Crippen LogP contribution < -0.4 is 16.6 Å². The fraction of sp³-hybridized carbons (Fsp3) is 0.261. The van der Waals surface area contributed by atoms with Gasteiger partial charge in [0.1, 0.15) is 0 Å². The third kappa shape index (κ3) is 4.20. The van der Waals surface area contributed by atoms with E-state index in [0.29, 0.717) is 30.2 Å². The van der Waals surface area contributed by atoms with E-state index in [0.717, 1.165) is 19.3 Å². The largest absolute Gasteiger partial charge is 0.355 e. The number of rotatable bonds is 8. The molecule has 4 rings (SSSR count). The summed E-state index contributed by atoms with van der Waals surface area (Å²) in [5, 5.41) is 3.36. The zero-order chi connectivity index (χ0) is 20.9. The summed E-state index contributed by atoms with van der Waals surface area (Å²) < 4.78 is 3.27. The number of nitrogens with zero attached hydrogens (tertiary/aromatic N) is 3. The molecule has 0 saturated heterocycles. The van der Waals surface area contributed by atoms with Crippen LogP contribution in [0.1, 0.15) is 17.5 Å². The second-order valence-electron chi connectivity index (χ2n) is 7.33. The molecule has 0 amide bonds. The number of nitrogens with one attached hydrogen (secondary N) is 2. The maximum atomic E-state index is 12.6. The molecule has 2 N–H and O–H groups in total. The number of aryl methyl sites for hydroxylation is 3. The Morgan fingerprint density at radius 3 is 2.23 bits per heavy atom. The fourth-order valence-corrected chi connectivity index (χ4v) is 3.64. The van der Waals surface area contributed by atoms with Gasteiger partial charge in [0.2, 0.25) is 5.95 Å². The Kier molecular flexibility index (Phi) is 5.79. The molecule has 154 valence electrons. The van der Waals surface area contributed by atoms with E-state index in [9.17, 15) is 9.59 Å². The minimum atomic E-state index is -0.461. The normalized spacial score (nSPS) is 11.1. The zero-order valence-corrected chi connectivity index (χ0v) is 17.0. The van der Waals surface area contributed by atoms with E-state index in [1.807, 2.05) is 41.0 Å². The molecule has 0 fully saturated rings. The van der Waals surface area contributed by atoms with Gasteiger partial charge in [-0.3, -0.25) is 14.3 Å². The number of aromatic nitrogens is 4. The Bertz CT molecular complexity index is 1240. The van der Waals surface area contributed by atoms with Gasteiger partial charge in [-0.1, -0.05) is 60.7 Å². The van der Waals surface area contributed by atoms with Gasteiger partial charge < -0.3 is 9.88 Å². The van der Waals surface area contributed by atoms with E-state index in [-0.39, 0.29) is 0 Å². The summed E-state index contributed by atoms with van der Waals surface area (Å²) in [7, 11) is 1.62. The summed E-state index contributed by atoms with van der Waals surface area (Å²) in [4.78, 5) is 31.5. The zero-order valence-electron chi connectivity index (χ0n) is 17.0. The first kappa shape index (κ1) is 19.7. The van der Waals surface area contributed by atoms with Crippen LogP contribution in [-0.4, -0.2) is 25.6 Å². The van der Waals surface area contributed by atoms with Gasteiger partial charge in [-0.25, -0.2) is 4.79 Å². The van der Waals surface area contributed by atoms with Gasteiger partial charge in [0.25, 0.3) is 5.56 Å². The second-order valence-corrected chi connectivity index (χ2v) is 7.33. The summed E-state index contributed by atoms with van der Waals surface area (Å²) in [6.07, 6.45) is 2.59. The molecule has 7 nitrogen and oxygen atoms in total. The van der Waals surface area contributed by atoms with Crippen LogP contribution in [-0.2, 0) is 26.4 Å². The summed E-state index contributed by atoms with van der Waals surface area (Å²) in [6, 6.07) is 20.4. The van der Waals surface area contributed by atoms with Crippen molar-refractivity contribution in [2.24, 2.45) is 7.05 Å². The van der Waals surface area contributed by atoms with Crippen molar-refractivity contribution >= 4 is 17.1 Å². The molecule has 4 aromatic rings. The number of aromatic amines is 1. The van der Waals surface area contributed by atoms with Crippen LogP contribution in [0.3, 0.4) is 0 Å². The third-order valence-electron chi connectivity index (χ3n) is 5.24. The molecule has 30 heavy (non-hydrogen) atoms. The molecular formula is C23H25N5O2. The summed E-state index contributed by atoms with van der Waals surface area (Å²) in [5.74, 6) is 0.612. The molecule has 0 aliphatic heterocycles. The SMILES string of the molecule is Cn1c(=O)[nH]c(=O)c2c1nc(NCCc1ccccc1)n2CCCc1ccccc1. The standard InChI is InChI=1S/C23H25N5O2/c1-27-20-19(21(29)26-23(27)30)28(16-8-13-17-9-4-2-5-10-17)22(25-20)24-15-14-18-11-6-3-7-12-18/h2-7,9-12H,8,13-16H2,1H3,(H,24,25)(H,26,29,30). The number of hydrogen-bond donors (Lipinski definition) is 2. The maximum absolute atomic E-state index is 12.6. The predicted octanol–water partition coefficient (Wildman–Crippen LogP) is 2.71. The van der Waals surface area contributed by atoms with Crippen LogP contribution >= 0.6 is 0 Å². The van der Waals surface area contributed by atoms with Crippen LogP contribution in [0.4, 0.5) is 5.95 Å². The summed E-state index contributed by atoms with van der Waals surface area (Å²) in [5.41, 5.74) is 2.43. The molecule has 0 spiro atoms. The highest BCUT2D eigenvalue weighted by Crippen LogP contribution is 2.17. The number of H-pyrrole nitrogens is 1. The molecule has 2 heterocycles. The molecule has 0 atom stereocenters. The smallest absolute Gasteiger partial charge is 0.329 e. The van der Waals surface area contributed by atoms with Crippen molar-refractivity contribution in [1.82, 2.24) is 19.1 Å². The highest BCUT2D eigenvalue weighted by Gasteiger charge is 2.17. The highest BCUT2D eigenvalue weighted by atomic mass is 16.2. The Labute approximate surface area is 174 Å². The molecule has 2 aromatic heterocycles. The molecule has 0 aliphatic rings. The first-order chi connectivity index (χ1) is 14.6. The van der Waals surface area contributed by atoms with Crippen LogP contribution in [0.5, 0.6) is 0 Å². The summed E-state index contributed by atoms with van der Waals surface area (Å²) >= 11 is 0. The van der Waals surface area contributed by atoms with Crippen molar-refractivity contribution in [2.45, 2.75) is 25.8 Å². The number of anilines is 1. The Hall–Kier alpha value is -3.61. The number of fused-ring (bicyclic) bond motifs is 1. The van der Waals surface area contributed by atoms with Crippen LogP contribution in [0.25, 0.3) is 11.2 Å². The van der Waals surface area contributed by atoms with E-state index in [4.69, 9.17) is 0 Å². The maximum Gasteiger partial charge on any atom is 0.329 e. The molecule has 0 radical (unpaired) electrons. The number of benzene rings is 2. The van der Waals surface area contributed by atoms with Crippen molar-refractivity contribution in [3.8, 4) is 0 Å². The topological polar surface area (TPSA) is 84.7 Å². The average Bonchev–Trinajstić information content (AvgIpc) is 3.13. The van der Waals surface area contributed by atoms with Gasteiger partial charge in [-0.2, -0.15) is 4.98 Å². The lowest BCUT2D eigenvalue weighted by Gasteiger charge is -2.11. The first-order valence-corrected chi connectivity index (χ1v) is 10.1. The fourth-order valence-electron chi connectivity index (χ4n) is 3.64. The van der Waals surface area contributed by atoms with Crippen LogP contribution in [0.2, 0.25) is 0 Å². The second kappa shape index (κ2) is 8.82. The molecule has 0 saturated carbocycles. The van der Waals surface area contributed by atoms with E-state index < -0.39 is 11.2 Å². The molecule has 2 aromatic carbocycles. The van der Waals surface area contributed by atoms with Crippen molar-refractivity contribution in [2.75, 3.05) is 11.9 Å². The van der Waals surface area contributed by atoms with Crippen molar-refractivity contribution in [3.05, 3.63) is 92.6 Å². The molecule has 7 heteroatoms. The van der Waals surface area contributed by atoms with Gasteiger partial charge in [0.15, 0.2) is 11.2 Å². The average molecular weight is 403 g/mol. The Balaban J connectivity index is 1.59. The molecule has 0 unspecified atom stereocenters. The minimum absolute atomic E-state index is 0.394. The van der Waals surface area contributed by atoms with Crippen molar-refractivity contribution in [3.63, 3.8) is 0 Å². The van der Waals surface area contributed by atoms with Gasteiger partial charge in [0.05, 0.1) is 0 Å². The van der Waals surface area contributed by atoms with Crippen LogP contribution in [0, 0.1) is 0 Å². The lowest BCUT2D eigenvalue weighted by atomic mass is 10.1. The van der Waals surface area contributed by atoms with Crippen molar-refractivity contribution in [1.29, 1.82) is 0 Å². The monoisotopic (exact) mass is 403 g/mol. The highest BCUT2D eigenvalue weighted by molar-refractivity contribution is 5.74. The predicted molar refractivity (Wildman–Crippen MR) is 119 cm³/mol. The van der Waals surface area contributed by atoms with E-state index >= 15 is 0 Å². The van der Waals surface area contributed by atoms with Gasteiger partial charge >= 0.3 is 5.69 Å². The van der Waals surface area contributed by atoms with Gasteiger partial charge in [-0.15, -0.1) is 0 Å². The van der Waals surface area contributed by atoms with E-state index in [1.54, 1.807) is 7.05 Å². The van der Waals surface area contributed by atoms with Gasteiger partial charge in [0, 0.05) is 20.1 Å². The Morgan fingerprint density at radius 2 is 1.57 bits per heavy atom. The van der Waals surface area contributed by atoms with E-state index in [2.05, 4.69) is 39.6 Å². The summed E-state index contributed by atoms with van der Waals surface area (Å²) in [6.45, 7) is 1.30. The third-order valence-corrected chi connectivity index (χ3v) is 5.24. The Morgan fingerprint density at radius 1 is 0.933 bits per heavy atom. The quantitative estimate of drug-likeness (QED) is 0.474. The first-order valence-electron chi connectivity index (χ1n) is 10.1. The lowest BCUT2D eigenvalue weighted by Crippen LogP contribution is -2.29. The van der Waals surface area contributed by atoms with Crippen LogP contribution in [0.15, 0.2) is 70.3 Å². The lowest BCUT2D eigenvalue weighted by molar-refractivity contribution is 0.658. The molecular weight excluding hydrogens is 378 g/mol.